The highest BCUT2D eigenvalue weighted by molar-refractivity contribution is 5.89. The lowest BCUT2D eigenvalue weighted by Crippen LogP contribution is -2.50. The van der Waals surface area contributed by atoms with Crippen molar-refractivity contribution in [3.05, 3.63) is 59.9 Å². The molecular weight excluding hydrogens is 399 g/mol. The van der Waals surface area contributed by atoms with Gasteiger partial charge in [-0.2, -0.15) is 5.10 Å². The highest BCUT2D eigenvalue weighted by Gasteiger charge is 2.24. The lowest BCUT2D eigenvalue weighted by atomic mass is 10.2. The van der Waals surface area contributed by atoms with Crippen molar-refractivity contribution < 1.29 is 18.0 Å². The average molecular weight is 417 g/mol. The lowest BCUT2D eigenvalue weighted by Gasteiger charge is -2.35. The summed E-state index contributed by atoms with van der Waals surface area (Å²) in [6.45, 7) is 3.45. The van der Waals surface area contributed by atoms with Gasteiger partial charge in [0.05, 0.1) is 5.69 Å². The predicted molar refractivity (Wildman–Crippen MR) is 103 cm³/mol. The molecule has 0 spiro atoms. The van der Waals surface area contributed by atoms with Crippen molar-refractivity contribution in [2.24, 2.45) is 0 Å². The standard InChI is InChI=1S/C19H18F3N7O/c1-12-24-15(11-16(25-12)29-6-2-5-23-29)27-7-9-28(10-8-27)19(30)26-14-4-3-13(20)17(21)18(14)22/h2-6,11H,7-10H2,1H3,(H,26,30). The Hall–Kier alpha value is -3.63. The van der Waals surface area contributed by atoms with Gasteiger partial charge >= 0.3 is 6.03 Å². The maximum atomic E-state index is 13.8. The molecule has 0 radical (unpaired) electrons. The number of nitrogens with one attached hydrogen (secondary N) is 1. The molecule has 1 N–H and O–H groups in total. The molecule has 3 aromatic rings. The third kappa shape index (κ3) is 3.91. The van der Waals surface area contributed by atoms with Crippen molar-refractivity contribution >= 4 is 17.5 Å². The highest BCUT2D eigenvalue weighted by Crippen LogP contribution is 2.21. The van der Waals surface area contributed by atoms with Crippen molar-refractivity contribution in [1.29, 1.82) is 0 Å². The largest absolute Gasteiger partial charge is 0.353 e. The molecule has 2 aromatic heterocycles. The van der Waals surface area contributed by atoms with E-state index in [0.717, 1.165) is 12.1 Å². The minimum absolute atomic E-state index is 0.345. The predicted octanol–water partition coefficient (Wildman–Crippen LogP) is 2.74. The summed E-state index contributed by atoms with van der Waals surface area (Å²) in [5.74, 6) is -2.42. The Kier molecular flexibility index (Phi) is 5.25. The quantitative estimate of drug-likeness (QED) is 0.663. The molecule has 2 amide bonds. The molecule has 0 bridgehead atoms. The number of aryl methyl sites for hydroxylation is 1. The molecular formula is C19H18F3N7O. The molecule has 1 aromatic carbocycles. The zero-order valence-electron chi connectivity index (χ0n) is 16.0. The normalized spacial score (nSPS) is 14.1. The van der Waals surface area contributed by atoms with Crippen LogP contribution >= 0.6 is 0 Å². The number of piperazine rings is 1. The Morgan fingerprint density at radius 2 is 1.77 bits per heavy atom. The van der Waals surface area contributed by atoms with E-state index in [9.17, 15) is 18.0 Å². The Labute approximate surface area is 170 Å². The Morgan fingerprint density at radius 3 is 2.47 bits per heavy atom. The van der Waals surface area contributed by atoms with Gasteiger partial charge in [-0.15, -0.1) is 0 Å². The van der Waals surface area contributed by atoms with E-state index in [1.165, 1.54) is 4.90 Å². The van der Waals surface area contributed by atoms with Gasteiger partial charge in [0.25, 0.3) is 0 Å². The number of hydrogen-bond acceptors (Lipinski definition) is 5. The van der Waals surface area contributed by atoms with Crippen molar-refractivity contribution in [3.8, 4) is 5.82 Å². The molecule has 4 rings (SSSR count). The Balaban J connectivity index is 1.42. The third-order valence-electron chi connectivity index (χ3n) is 4.72. The summed E-state index contributed by atoms with van der Waals surface area (Å²) < 4.78 is 41.8. The number of amides is 2. The van der Waals surface area contributed by atoms with E-state index in [2.05, 4.69) is 20.4 Å². The fourth-order valence-corrected chi connectivity index (χ4v) is 3.18. The van der Waals surface area contributed by atoms with Gasteiger partial charge in [0.2, 0.25) is 0 Å². The first kappa shape index (κ1) is 19.7. The van der Waals surface area contributed by atoms with Gasteiger partial charge in [0, 0.05) is 44.6 Å². The fraction of sp³-hybridized carbons (Fsp3) is 0.263. The van der Waals surface area contributed by atoms with E-state index < -0.39 is 29.2 Å². The number of rotatable bonds is 3. The highest BCUT2D eigenvalue weighted by atomic mass is 19.2. The summed E-state index contributed by atoms with van der Waals surface area (Å²) in [6.07, 6.45) is 3.44. The van der Waals surface area contributed by atoms with E-state index in [4.69, 9.17) is 0 Å². The van der Waals surface area contributed by atoms with Crippen molar-refractivity contribution in [3.63, 3.8) is 0 Å². The van der Waals surface area contributed by atoms with Crippen LogP contribution in [0.5, 0.6) is 0 Å². The van der Waals surface area contributed by atoms with Crippen LogP contribution in [0.3, 0.4) is 0 Å². The number of benzene rings is 1. The maximum absolute atomic E-state index is 13.8. The molecule has 0 atom stereocenters. The Morgan fingerprint density at radius 1 is 1.03 bits per heavy atom. The molecule has 1 fully saturated rings. The number of nitrogens with zero attached hydrogens (tertiary/aromatic N) is 6. The van der Waals surface area contributed by atoms with Crippen LogP contribution in [0.1, 0.15) is 5.82 Å². The zero-order valence-corrected chi connectivity index (χ0v) is 16.0. The smallest absolute Gasteiger partial charge is 0.322 e. The van der Waals surface area contributed by atoms with Crippen LogP contribution in [0, 0.1) is 24.4 Å². The molecule has 1 saturated heterocycles. The first-order valence-electron chi connectivity index (χ1n) is 9.22. The monoisotopic (exact) mass is 417 g/mol. The molecule has 3 heterocycles. The number of aromatic nitrogens is 4. The van der Waals surface area contributed by atoms with E-state index in [0.29, 0.717) is 43.6 Å². The second-order valence-corrected chi connectivity index (χ2v) is 6.71. The summed E-state index contributed by atoms with van der Waals surface area (Å²) in [6, 6.07) is 4.77. The van der Waals surface area contributed by atoms with Gasteiger partial charge in [-0.3, -0.25) is 0 Å². The van der Waals surface area contributed by atoms with Crippen LogP contribution in [0.25, 0.3) is 5.82 Å². The van der Waals surface area contributed by atoms with Gasteiger partial charge in [-0.05, 0) is 25.1 Å². The van der Waals surface area contributed by atoms with Crippen molar-refractivity contribution in [2.45, 2.75) is 6.92 Å². The lowest BCUT2D eigenvalue weighted by molar-refractivity contribution is 0.208. The first-order chi connectivity index (χ1) is 14.4. The van der Waals surface area contributed by atoms with Crippen LogP contribution < -0.4 is 10.2 Å². The fourth-order valence-electron chi connectivity index (χ4n) is 3.18. The van der Waals surface area contributed by atoms with E-state index in [1.807, 2.05) is 11.0 Å². The van der Waals surface area contributed by atoms with Crippen LogP contribution in [0.4, 0.5) is 29.5 Å². The summed E-state index contributed by atoms with van der Waals surface area (Å²) >= 11 is 0. The number of anilines is 2. The number of hydrogen-bond donors (Lipinski definition) is 1. The molecule has 8 nitrogen and oxygen atoms in total. The second-order valence-electron chi connectivity index (χ2n) is 6.71. The van der Waals surface area contributed by atoms with Gasteiger partial charge in [0.15, 0.2) is 23.3 Å². The Bertz CT molecular complexity index is 1070. The topological polar surface area (TPSA) is 79.2 Å². The molecule has 0 unspecified atom stereocenters. The van der Waals surface area contributed by atoms with E-state index in [-0.39, 0.29) is 0 Å². The average Bonchev–Trinajstić information content (AvgIpc) is 3.29. The van der Waals surface area contributed by atoms with Crippen LogP contribution in [0.2, 0.25) is 0 Å². The minimum Gasteiger partial charge on any atom is -0.353 e. The molecule has 156 valence electrons. The van der Waals surface area contributed by atoms with Crippen molar-refractivity contribution in [2.75, 3.05) is 36.4 Å². The summed E-state index contributed by atoms with van der Waals surface area (Å²) in [7, 11) is 0. The van der Waals surface area contributed by atoms with E-state index >= 15 is 0 Å². The molecule has 30 heavy (non-hydrogen) atoms. The second kappa shape index (κ2) is 8.01. The van der Waals surface area contributed by atoms with E-state index in [1.54, 1.807) is 30.1 Å². The number of carbonyl (C=O) groups excluding carboxylic acids is 1. The van der Waals surface area contributed by atoms with Crippen molar-refractivity contribution in [1.82, 2.24) is 24.6 Å². The maximum Gasteiger partial charge on any atom is 0.322 e. The summed E-state index contributed by atoms with van der Waals surface area (Å²) in [5, 5.41) is 6.46. The minimum atomic E-state index is -1.62. The third-order valence-corrected chi connectivity index (χ3v) is 4.72. The van der Waals surface area contributed by atoms with Crippen LogP contribution in [-0.2, 0) is 0 Å². The number of carbonyl (C=O) groups is 1. The molecule has 0 saturated carbocycles. The van der Waals surface area contributed by atoms with Crippen LogP contribution in [-0.4, -0.2) is 56.9 Å². The number of urea groups is 1. The van der Waals surface area contributed by atoms with Gasteiger partial charge < -0.3 is 15.1 Å². The molecule has 1 aliphatic rings. The molecule has 11 heteroatoms. The van der Waals surface area contributed by atoms with Crippen LogP contribution in [0.15, 0.2) is 36.7 Å². The summed E-state index contributed by atoms with van der Waals surface area (Å²) in [4.78, 5) is 24.7. The molecule has 0 aliphatic carbocycles. The number of halogens is 3. The van der Waals surface area contributed by atoms with Gasteiger partial charge in [-0.25, -0.2) is 32.6 Å². The first-order valence-corrected chi connectivity index (χ1v) is 9.22. The summed E-state index contributed by atoms with van der Waals surface area (Å²) in [5.41, 5.74) is -0.406. The molecule has 1 aliphatic heterocycles. The van der Waals surface area contributed by atoms with Gasteiger partial charge in [-0.1, -0.05) is 0 Å². The SMILES string of the molecule is Cc1nc(N2CCN(C(=O)Nc3ccc(F)c(F)c3F)CC2)cc(-n2cccn2)n1. The van der Waals surface area contributed by atoms with Gasteiger partial charge in [0.1, 0.15) is 11.6 Å². The zero-order chi connectivity index (χ0) is 21.3.